The highest BCUT2D eigenvalue weighted by molar-refractivity contribution is 5.79. The summed E-state index contributed by atoms with van der Waals surface area (Å²) in [4.78, 5) is 25.8. The molecule has 5 nitrogen and oxygen atoms in total. The van der Waals surface area contributed by atoms with Gasteiger partial charge in [0.15, 0.2) is 0 Å². The molecular weight excluding hydrogens is 276 g/mol. The predicted molar refractivity (Wildman–Crippen MR) is 84.4 cm³/mol. The first-order chi connectivity index (χ1) is 10.8. The smallest absolute Gasteiger partial charge is 0.225 e. The van der Waals surface area contributed by atoms with Crippen LogP contribution in [0.25, 0.3) is 0 Å². The Bertz CT molecular complexity index is 529. The highest BCUT2D eigenvalue weighted by Crippen LogP contribution is 2.35. The first kappa shape index (κ1) is 14.0. The molecule has 1 aromatic rings. The van der Waals surface area contributed by atoms with Gasteiger partial charge in [-0.1, -0.05) is 12.8 Å². The van der Waals surface area contributed by atoms with Crippen molar-refractivity contribution < 1.29 is 4.79 Å². The lowest BCUT2D eigenvalue weighted by Crippen LogP contribution is -2.40. The zero-order valence-corrected chi connectivity index (χ0v) is 13.0. The average Bonchev–Trinajstić information content (AvgIpc) is 3.23. The van der Waals surface area contributed by atoms with Gasteiger partial charge < -0.3 is 9.80 Å². The number of rotatable bonds is 2. The number of amides is 1. The molecule has 118 valence electrons. The maximum Gasteiger partial charge on any atom is 0.225 e. The Kier molecular flexibility index (Phi) is 3.72. The molecule has 0 unspecified atom stereocenters. The summed E-state index contributed by atoms with van der Waals surface area (Å²) < 4.78 is 0. The van der Waals surface area contributed by atoms with Crippen LogP contribution >= 0.6 is 0 Å². The molecule has 1 aliphatic carbocycles. The van der Waals surface area contributed by atoms with Crippen LogP contribution in [0.1, 0.15) is 32.1 Å². The second kappa shape index (κ2) is 5.86. The van der Waals surface area contributed by atoms with Crippen LogP contribution in [0.4, 0.5) is 5.95 Å². The molecule has 3 aliphatic rings. The fourth-order valence-corrected chi connectivity index (χ4v) is 4.42. The summed E-state index contributed by atoms with van der Waals surface area (Å²) in [5, 5.41) is 0. The lowest BCUT2D eigenvalue weighted by atomic mass is 9.89. The van der Waals surface area contributed by atoms with Gasteiger partial charge in [0.2, 0.25) is 11.9 Å². The number of piperidine rings is 1. The minimum atomic E-state index is 0.314. The largest absolute Gasteiger partial charge is 0.342 e. The third kappa shape index (κ3) is 2.57. The molecule has 0 N–H and O–H groups in total. The molecular formula is C17H24N4O. The quantitative estimate of drug-likeness (QED) is 0.837. The van der Waals surface area contributed by atoms with E-state index in [1.54, 1.807) is 12.4 Å². The molecule has 4 rings (SSSR count). The molecule has 5 heteroatoms. The maximum absolute atomic E-state index is 12.6. The Balaban J connectivity index is 1.40. The summed E-state index contributed by atoms with van der Waals surface area (Å²) in [6.45, 7) is 3.91. The molecule has 0 aromatic carbocycles. The molecule has 3 heterocycles. The number of carbonyl (C=O) groups excluding carboxylic acids is 1. The minimum Gasteiger partial charge on any atom is -0.342 e. The Hall–Kier alpha value is -1.65. The number of likely N-dealkylation sites (tertiary alicyclic amines) is 1. The van der Waals surface area contributed by atoms with Crippen LogP contribution in [0.2, 0.25) is 0 Å². The molecule has 2 atom stereocenters. The van der Waals surface area contributed by atoms with Gasteiger partial charge in [-0.25, -0.2) is 9.97 Å². The SMILES string of the molecule is O=C(C1CCCC1)N1C[C@@H]2CCN(c3ncccn3)C[C@@H]2C1. The van der Waals surface area contributed by atoms with Crippen molar-refractivity contribution in [1.29, 1.82) is 0 Å². The number of carbonyl (C=O) groups is 1. The van der Waals surface area contributed by atoms with Crippen molar-refractivity contribution in [3.8, 4) is 0 Å². The van der Waals surface area contributed by atoms with E-state index in [0.29, 0.717) is 23.7 Å². The Morgan fingerprint density at radius 3 is 2.50 bits per heavy atom. The number of hydrogen-bond acceptors (Lipinski definition) is 4. The van der Waals surface area contributed by atoms with Gasteiger partial charge in [0.1, 0.15) is 0 Å². The second-order valence-corrected chi connectivity index (χ2v) is 7.03. The fourth-order valence-electron chi connectivity index (χ4n) is 4.42. The van der Waals surface area contributed by atoms with E-state index in [-0.39, 0.29) is 0 Å². The topological polar surface area (TPSA) is 49.3 Å². The Labute approximate surface area is 131 Å². The zero-order valence-electron chi connectivity index (χ0n) is 13.0. The average molecular weight is 300 g/mol. The van der Waals surface area contributed by atoms with Crippen LogP contribution in [0.3, 0.4) is 0 Å². The number of nitrogens with zero attached hydrogens (tertiary/aromatic N) is 4. The number of fused-ring (bicyclic) bond motifs is 1. The van der Waals surface area contributed by atoms with Gasteiger partial charge in [0.25, 0.3) is 0 Å². The summed E-state index contributed by atoms with van der Waals surface area (Å²) in [6, 6.07) is 1.85. The summed E-state index contributed by atoms with van der Waals surface area (Å²) >= 11 is 0. The van der Waals surface area contributed by atoms with E-state index in [4.69, 9.17) is 0 Å². The molecule has 2 aliphatic heterocycles. The van der Waals surface area contributed by atoms with Gasteiger partial charge >= 0.3 is 0 Å². The summed E-state index contributed by atoms with van der Waals surface area (Å²) in [7, 11) is 0. The fraction of sp³-hybridized carbons (Fsp3) is 0.706. The first-order valence-electron chi connectivity index (χ1n) is 8.62. The van der Waals surface area contributed by atoms with E-state index in [1.807, 2.05) is 6.07 Å². The standard InChI is InChI=1S/C17H24N4O/c22-16(13-4-1-2-5-13)21-10-14-6-9-20(11-15(14)12-21)17-18-7-3-8-19-17/h3,7-8,13-15H,1-2,4-6,9-12H2/t14-,15+/m0/s1. The summed E-state index contributed by atoms with van der Waals surface area (Å²) in [6.07, 6.45) is 9.44. The summed E-state index contributed by atoms with van der Waals surface area (Å²) in [5.41, 5.74) is 0. The predicted octanol–water partition coefficient (Wildman–Crippen LogP) is 1.95. The number of aromatic nitrogens is 2. The third-order valence-electron chi connectivity index (χ3n) is 5.65. The molecule has 22 heavy (non-hydrogen) atoms. The van der Waals surface area contributed by atoms with E-state index in [9.17, 15) is 4.79 Å². The van der Waals surface area contributed by atoms with Crippen molar-refractivity contribution in [3.05, 3.63) is 18.5 Å². The molecule has 3 fully saturated rings. The number of hydrogen-bond donors (Lipinski definition) is 0. The van der Waals surface area contributed by atoms with Crippen LogP contribution < -0.4 is 4.90 Å². The van der Waals surface area contributed by atoms with E-state index in [2.05, 4.69) is 19.8 Å². The van der Waals surface area contributed by atoms with Crippen LogP contribution in [-0.4, -0.2) is 47.0 Å². The minimum absolute atomic E-state index is 0.314. The van der Waals surface area contributed by atoms with Crippen LogP contribution in [-0.2, 0) is 4.79 Å². The van der Waals surface area contributed by atoms with Crippen molar-refractivity contribution in [2.24, 2.45) is 17.8 Å². The van der Waals surface area contributed by atoms with Crippen molar-refractivity contribution in [2.75, 3.05) is 31.1 Å². The molecule has 0 bridgehead atoms. The van der Waals surface area contributed by atoms with E-state index in [1.165, 1.54) is 12.8 Å². The summed E-state index contributed by atoms with van der Waals surface area (Å²) in [5.74, 6) is 2.83. The van der Waals surface area contributed by atoms with E-state index >= 15 is 0 Å². The van der Waals surface area contributed by atoms with Crippen molar-refractivity contribution >= 4 is 11.9 Å². The third-order valence-corrected chi connectivity index (χ3v) is 5.65. The van der Waals surface area contributed by atoms with Gasteiger partial charge in [0, 0.05) is 44.5 Å². The van der Waals surface area contributed by atoms with Crippen molar-refractivity contribution in [1.82, 2.24) is 14.9 Å². The van der Waals surface area contributed by atoms with Crippen LogP contribution in [0, 0.1) is 17.8 Å². The number of anilines is 1. The molecule has 0 radical (unpaired) electrons. The Morgan fingerprint density at radius 1 is 1.00 bits per heavy atom. The second-order valence-electron chi connectivity index (χ2n) is 7.03. The van der Waals surface area contributed by atoms with E-state index < -0.39 is 0 Å². The van der Waals surface area contributed by atoms with Crippen molar-refractivity contribution in [3.63, 3.8) is 0 Å². The van der Waals surface area contributed by atoms with Crippen LogP contribution in [0.15, 0.2) is 18.5 Å². The van der Waals surface area contributed by atoms with Gasteiger partial charge in [-0.15, -0.1) is 0 Å². The molecule has 1 saturated carbocycles. The van der Waals surface area contributed by atoms with Gasteiger partial charge in [-0.05, 0) is 37.2 Å². The normalized spacial score (nSPS) is 28.9. The van der Waals surface area contributed by atoms with E-state index in [0.717, 1.165) is 51.4 Å². The van der Waals surface area contributed by atoms with Crippen molar-refractivity contribution in [2.45, 2.75) is 32.1 Å². The lowest BCUT2D eigenvalue weighted by Gasteiger charge is -2.34. The van der Waals surface area contributed by atoms with Crippen LogP contribution in [0.5, 0.6) is 0 Å². The Morgan fingerprint density at radius 2 is 1.73 bits per heavy atom. The van der Waals surface area contributed by atoms with Gasteiger partial charge in [0.05, 0.1) is 0 Å². The maximum atomic E-state index is 12.6. The monoisotopic (exact) mass is 300 g/mol. The van der Waals surface area contributed by atoms with Gasteiger partial charge in [-0.3, -0.25) is 4.79 Å². The first-order valence-corrected chi connectivity index (χ1v) is 8.62. The zero-order chi connectivity index (χ0) is 14.9. The molecule has 0 spiro atoms. The highest BCUT2D eigenvalue weighted by atomic mass is 16.2. The molecule has 2 saturated heterocycles. The molecule has 1 amide bonds. The highest BCUT2D eigenvalue weighted by Gasteiger charge is 2.41. The van der Waals surface area contributed by atoms with Gasteiger partial charge in [-0.2, -0.15) is 0 Å². The molecule has 1 aromatic heterocycles. The lowest BCUT2D eigenvalue weighted by molar-refractivity contribution is -0.134.